The largest absolute Gasteiger partial charge is 0.464 e. The van der Waals surface area contributed by atoms with Crippen LogP contribution in [0.2, 0.25) is 0 Å². The smallest absolute Gasteiger partial charge is 0.139 e. The highest BCUT2D eigenvalue weighted by atomic mass is 32.2. The first-order valence-electron chi connectivity index (χ1n) is 5.66. The van der Waals surface area contributed by atoms with Crippen molar-refractivity contribution in [3.8, 4) is 0 Å². The van der Waals surface area contributed by atoms with Crippen molar-refractivity contribution >= 4 is 10.8 Å². The maximum atomic E-state index is 13.4. The Balaban J connectivity index is 2.13. The summed E-state index contributed by atoms with van der Waals surface area (Å²) < 4.78 is 43.9. The third-order valence-corrected chi connectivity index (χ3v) is 3.83. The molecular weight excluding hydrogens is 272 g/mol. The molecule has 0 bridgehead atoms. The predicted molar refractivity (Wildman–Crippen MR) is 67.9 cm³/mol. The lowest BCUT2D eigenvalue weighted by molar-refractivity contribution is 0.467. The molecule has 0 radical (unpaired) electrons. The van der Waals surface area contributed by atoms with Gasteiger partial charge in [-0.2, -0.15) is 0 Å². The fourth-order valence-corrected chi connectivity index (χ4v) is 2.73. The van der Waals surface area contributed by atoms with Crippen molar-refractivity contribution in [3.05, 3.63) is 53.5 Å². The number of halogens is 2. The van der Waals surface area contributed by atoms with Crippen LogP contribution < -0.4 is 5.32 Å². The maximum Gasteiger partial charge on any atom is 0.139 e. The number of furan rings is 1. The van der Waals surface area contributed by atoms with Gasteiger partial charge in [-0.1, -0.05) is 0 Å². The quantitative estimate of drug-likeness (QED) is 0.918. The van der Waals surface area contributed by atoms with E-state index in [0.717, 1.165) is 18.2 Å². The first-order chi connectivity index (χ1) is 9.10. The van der Waals surface area contributed by atoms with Crippen molar-refractivity contribution in [3.63, 3.8) is 0 Å². The molecule has 2 rings (SSSR count). The predicted octanol–water partition coefficient (Wildman–Crippen LogP) is 2.59. The topological polar surface area (TPSA) is 42.2 Å². The van der Waals surface area contributed by atoms with E-state index in [4.69, 9.17) is 4.42 Å². The number of hydrogen-bond acceptors (Lipinski definition) is 3. The monoisotopic (exact) mass is 285 g/mol. The molecule has 0 saturated heterocycles. The summed E-state index contributed by atoms with van der Waals surface area (Å²) >= 11 is 0. The molecule has 0 aliphatic heterocycles. The van der Waals surface area contributed by atoms with E-state index in [1.807, 2.05) is 0 Å². The SMILES string of the molecule is CNCc1ccc(CS(=O)c2cc(F)ccc2F)o1. The lowest BCUT2D eigenvalue weighted by Gasteiger charge is -2.02. The second-order valence-corrected chi connectivity index (χ2v) is 5.38. The van der Waals surface area contributed by atoms with Gasteiger partial charge in [0.1, 0.15) is 23.2 Å². The van der Waals surface area contributed by atoms with E-state index in [9.17, 15) is 13.0 Å². The van der Waals surface area contributed by atoms with Gasteiger partial charge in [-0.05, 0) is 37.4 Å². The molecule has 19 heavy (non-hydrogen) atoms. The molecule has 0 spiro atoms. The van der Waals surface area contributed by atoms with Gasteiger partial charge >= 0.3 is 0 Å². The molecule has 2 aromatic rings. The fourth-order valence-electron chi connectivity index (χ4n) is 1.63. The van der Waals surface area contributed by atoms with E-state index in [0.29, 0.717) is 18.1 Å². The zero-order chi connectivity index (χ0) is 13.8. The van der Waals surface area contributed by atoms with Crippen molar-refractivity contribution in [2.45, 2.75) is 17.2 Å². The van der Waals surface area contributed by atoms with Crippen LogP contribution in [0.15, 0.2) is 39.6 Å². The Morgan fingerprint density at radius 3 is 2.68 bits per heavy atom. The molecule has 1 heterocycles. The zero-order valence-corrected chi connectivity index (χ0v) is 11.1. The van der Waals surface area contributed by atoms with Crippen LogP contribution in [0.5, 0.6) is 0 Å². The Bertz CT molecular complexity index is 598. The van der Waals surface area contributed by atoms with Gasteiger partial charge in [-0.15, -0.1) is 0 Å². The first kappa shape index (κ1) is 13.9. The van der Waals surface area contributed by atoms with Crippen molar-refractivity contribution < 1.29 is 17.4 Å². The summed E-state index contributed by atoms with van der Waals surface area (Å²) in [7, 11) is 0.104. The van der Waals surface area contributed by atoms with Crippen LogP contribution in [0.25, 0.3) is 0 Å². The lowest BCUT2D eigenvalue weighted by atomic mass is 10.3. The van der Waals surface area contributed by atoms with Crippen molar-refractivity contribution in [1.29, 1.82) is 0 Å². The van der Waals surface area contributed by atoms with E-state index in [2.05, 4.69) is 5.32 Å². The molecular formula is C13H13F2NO2S. The van der Waals surface area contributed by atoms with Gasteiger partial charge in [0.15, 0.2) is 0 Å². The normalized spacial score (nSPS) is 12.6. The molecule has 0 saturated carbocycles. The average molecular weight is 285 g/mol. The maximum absolute atomic E-state index is 13.4. The minimum Gasteiger partial charge on any atom is -0.464 e. The number of hydrogen-bond donors (Lipinski definition) is 1. The van der Waals surface area contributed by atoms with E-state index in [1.165, 1.54) is 0 Å². The van der Waals surface area contributed by atoms with Crippen LogP contribution in [0.3, 0.4) is 0 Å². The highest BCUT2D eigenvalue weighted by Gasteiger charge is 2.14. The Morgan fingerprint density at radius 1 is 1.21 bits per heavy atom. The molecule has 0 aliphatic rings. The third-order valence-electron chi connectivity index (χ3n) is 2.48. The minimum atomic E-state index is -1.68. The molecule has 1 aromatic heterocycles. The second-order valence-electron chi connectivity index (χ2n) is 3.96. The lowest BCUT2D eigenvalue weighted by Crippen LogP contribution is -2.03. The second kappa shape index (κ2) is 6.08. The molecule has 6 heteroatoms. The average Bonchev–Trinajstić information content (AvgIpc) is 2.80. The number of rotatable bonds is 5. The Morgan fingerprint density at radius 2 is 1.95 bits per heavy atom. The Labute approximate surface area is 112 Å². The highest BCUT2D eigenvalue weighted by molar-refractivity contribution is 7.84. The Kier molecular flexibility index (Phi) is 4.44. The Hall–Kier alpha value is -1.53. The van der Waals surface area contributed by atoms with Gasteiger partial charge in [0.25, 0.3) is 0 Å². The van der Waals surface area contributed by atoms with Gasteiger partial charge in [0.2, 0.25) is 0 Å². The fraction of sp³-hybridized carbons (Fsp3) is 0.231. The van der Waals surface area contributed by atoms with Gasteiger partial charge in [0, 0.05) is 0 Å². The van der Waals surface area contributed by atoms with E-state index in [1.54, 1.807) is 19.2 Å². The first-order valence-corrected chi connectivity index (χ1v) is 6.97. The van der Waals surface area contributed by atoms with Gasteiger partial charge in [-0.3, -0.25) is 4.21 Å². The van der Waals surface area contributed by atoms with Crippen molar-refractivity contribution in [2.24, 2.45) is 0 Å². The van der Waals surface area contributed by atoms with Crippen LogP contribution in [0.4, 0.5) is 8.78 Å². The summed E-state index contributed by atoms with van der Waals surface area (Å²) in [5.41, 5.74) is 0. The zero-order valence-electron chi connectivity index (χ0n) is 10.3. The van der Waals surface area contributed by atoms with Crippen molar-refractivity contribution in [2.75, 3.05) is 7.05 Å². The summed E-state index contributed by atoms with van der Waals surface area (Å²) in [5.74, 6) is -0.0901. The van der Waals surface area contributed by atoms with Crippen LogP contribution in [-0.4, -0.2) is 11.3 Å². The number of nitrogens with one attached hydrogen (secondary N) is 1. The summed E-state index contributed by atoms with van der Waals surface area (Å²) in [4.78, 5) is -0.147. The molecule has 102 valence electrons. The van der Waals surface area contributed by atoms with Gasteiger partial charge < -0.3 is 9.73 Å². The van der Waals surface area contributed by atoms with Gasteiger partial charge in [-0.25, -0.2) is 8.78 Å². The minimum absolute atomic E-state index is 0.0179. The molecule has 1 unspecified atom stereocenters. The summed E-state index contributed by atoms with van der Waals surface area (Å²) in [6.07, 6.45) is 0. The van der Waals surface area contributed by atoms with Gasteiger partial charge in [0.05, 0.1) is 28.0 Å². The summed E-state index contributed by atoms with van der Waals surface area (Å²) in [5, 5.41) is 2.92. The summed E-state index contributed by atoms with van der Waals surface area (Å²) in [6, 6.07) is 6.35. The molecule has 0 aliphatic carbocycles. The molecule has 0 fully saturated rings. The van der Waals surface area contributed by atoms with Crippen LogP contribution in [0, 0.1) is 11.6 Å². The van der Waals surface area contributed by atoms with E-state index >= 15 is 0 Å². The van der Waals surface area contributed by atoms with Crippen LogP contribution in [0.1, 0.15) is 11.5 Å². The molecule has 3 nitrogen and oxygen atoms in total. The van der Waals surface area contributed by atoms with E-state index < -0.39 is 22.4 Å². The number of benzene rings is 1. The molecule has 1 aromatic carbocycles. The van der Waals surface area contributed by atoms with Crippen LogP contribution in [-0.2, 0) is 23.1 Å². The molecule has 1 atom stereocenters. The van der Waals surface area contributed by atoms with Crippen molar-refractivity contribution in [1.82, 2.24) is 5.32 Å². The van der Waals surface area contributed by atoms with Crippen LogP contribution >= 0.6 is 0 Å². The molecule has 0 amide bonds. The standard InChI is InChI=1S/C13H13F2NO2S/c1-16-7-10-3-4-11(18-10)8-19(17)13-6-9(14)2-5-12(13)15/h2-6,16H,7-8H2,1H3. The third kappa shape index (κ3) is 3.48. The highest BCUT2D eigenvalue weighted by Crippen LogP contribution is 2.18. The molecule has 1 N–H and O–H groups in total. The van der Waals surface area contributed by atoms with E-state index in [-0.39, 0.29) is 10.6 Å². The summed E-state index contributed by atoms with van der Waals surface area (Å²) in [6.45, 7) is 0.557.